The van der Waals surface area contributed by atoms with Gasteiger partial charge in [0.1, 0.15) is 5.65 Å². The molecule has 0 unspecified atom stereocenters. The lowest BCUT2D eigenvalue weighted by Gasteiger charge is -2.52. The van der Waals surface area contributed by atoms with E-state index in [9.17, 15) is 9.59 Å². The number of hydrogen-bond acceptors (Lipinski definition) is 3. The topological polar surface area (TPSA) is 86.9 Å². The molecule has 4 rings (SSSR count). The van der Waals surface area contributed by atoms with Crippen LogP contribution < -0.4 is 5.32 Å². The molecular formula is C18H22N4O3. The van der Waals surface area contributed by atoms with Crippen LogP contribution in [-0.2, 0) is 0 Å². The molecule has 1 saturated carbocycles. The number of likely N-dealkylation sites (tertiary alicyclic amines) is 1. The van der Waals surface area contributed by atoms with E-state index in [1.807, 2.05) is 16.7 Å². The monoisotopic (exact) mass is 342 g/mol. The van der Waals surface area contributed by atoms with E-state index in [1.54, 1.807) is 18.5 Å². The highest BCUT2D eigenvalue weighted by Gasteiger charge is 2.46. The highest BCUT2D eigenvalue weighted by molar-refractivity contribution is 5.94. The van der Waals surface area contributed by atoms with Crippen molar-refractivity contribution in [2.75, 3.05) is 19.6 Å². The Morgan fingerprint density at radius 2 is 2.04 bits per heavy atom. The molecule has 7 heteroatoms. The van der Waals surface area contributed by atoms with Gasteiger partial charge in [0.25, 0.3) is 5.91 Å². The molecule has 1 spiro atoms. The van der Waals surface area contributed by atoms with Crippen LogP contribution in [0.2, 0.25) is 0 Å². The maximum absolute atomic E-state index is 12.3. The standard InChI is InChI=1S/C18H22N4O3/c23-16(14-1-2-15-19-5-8-22(15)12-14)20-11-13-9-18(10-13)3-6-21(7-4-18)17(24)25/h1-2,5,8,12-13H,3-4,6-7,9-11H2,(H,20,23)(H,24,25). The van der Waals surface area contributed by atoms with Crippen molar-refractivity contribution in [3.05, 3.63) is 36.3 Å². The van der Waals surface area contributed by atoms with Crippen LogP contribution in [0.4, 0.5) is 4.79 Å². The molecule has 2 N–H and O–H groups in total. The number of pyridine rings is 1. The van der Waals surface area contributed by atoms with Crippen molar-refractivity contribution < 1.29 is 14.7 Å². The van der Waals surface area contributed by atoms with Gasteiger partial charge < -0.3 is 19.7 Å². The summed E-state index contributed by atoms with van der Waals surface area (Å²) in [6, 6.07) is 3.63. The SMILES string of the molecule is O=C(NCC1CC2(CCN(C(=O)O)CC2)C1)c1ccc2nccn2c1. The zero-order chi connectivity index (χ0) is 17.4. The smallest absolute Gasteiger partial charge is 0.407 e. The molecule has 0 radical (unpaired) electrons. The number of piperidine rings is 1. The van der Waals surface area contributed by atoms with Crippen LogP contribution in [0, 0.1) is 11.3 Å². The molecule has 0 aromatic carbocycles. The number of carbonyl (C=O) groups is 2. The average molecular weight is 342 g/mol. The Morgan fingerprint density at radius 1 is 1.28 bits per heavy atom. The summed E-state index contributed by atoms with van der Waals surface area (Å²) in [5.41, 5.74) is 1.76. The van der Waals surface area contributed by atoms with Gasteiger partial charge in [-0.25, -0.2) is 9.78 Å². The van der Waals surface area contributed by atoms with Crippen molar-refractivity contribution in [3.63, 3.8) is 0 Å². The fourth-order valence-corrected chi connectivity index (χ4v) is 4.28. The number of carboxylic acid groups (broad SMARTS) is 1. The van der Waals surface area contributed by atoms with Crippen LogP contribution in [0.5, 0.6) is 0 Å². The molecule has 1 saturated heterocycles. The van der Waals surface area contributed by atoms with E-state index in [0.29, 0.717) is 36.5 Å². The molecule has 7 nitrogen and oxygen atoms in total. The van der Waals surface area contributed by atoms with Gasteiger partial charge >= 0.3 is 6.09 Å². The Morgan fingerprint density at radius 3 is 2.76 bits per heavy atom. The number of amides is 2. The summed E-state index contributed by atoms with van der Waals surface area (Å²) in [7, 11) is 0. The third kappa shape index (κ3) is 3.06. The highest BCUT2D eigenvalue weighted by atomic mass is 16.4. The fourth-order valence-electron chi connectivity index (χ4n) is 4.28. The van der Waals surface area contributed by atoms with E-state index in [1.165, 1.54) is 4.90 Å². The third-order valence-corrected chi connectivity index (χ3v) is 5.74. The molecule has 2 aromatic rings. The van der Waals surface area contributed by atoms with Gasteiger partial charge in [0.15, 0.2) is 0 Å². The molecule has 0 atom stereocenters. The van der Waals surface area contributed by atoms with Crippen LogP contribution in [-0.4, -0.2) is 51.0 Å². The zero-order valence-electron chi connectivity index (χ0n) is 14.0. The summed E-state index contributed by atoms with van der Waals surface area (Å²) in [6.07, 6.45) is 8.57. The molecule has 0 bridgehead atoms. The number of fused-ring (bicyclic) bond motifs is 1. The van der Waals surface area contributed by atoms with E-state index in [0.717, 1.165) is 31.3 Å². The highest BCUT2D eigenvalue weighted by Crippen LogP contribution is 2.52. The molecule has 2 amide bonds. The molecular weight excluding hydrogens is 320 g/mol. The minimum Gasteiger partial charge on any atom is -0.465 e. The Balaban J connectivity index is 1.26. The van der Waals surface area contributed by atoms with Crippen LogP contribution in [0.15, 0.2) is 30.7 Å². The second-order valence-electron chi connectivity index (χ2n) is 7.36. The molecule has 132 valence electrons. The summed E-state index contributed by atoms with van der Waals surface area (Å²) in [5.74, 6) is 0.439. The normalized spacial score (nSPS) is 19.8. The number of rotatable bonds is 3. The predicted molar refractivity (Wildman–Crippen MR) is 91.5 cm³/mol. The van der Waals surface area contributed by atoms with Gasteiger partial charge in [0.05, 0.1) is 5.56 Å². The van der Waals surface area contributed by atoms with Gasteiger partial charge in [-0.15, -0.1) is 0 Å². The minimum absolute atomic E-state index is 0.0581. The van der Waals surface area contributed by atoms with Gasteiger partial charge in [0, 0.05) is 38.2 Å². The number of imidazole rings is 1. The number of hydrogen-bond donors (Lipinski definition) is 2. The number of nitrogens with one attached hydrogen (secondary N) is 1. The Bertz CT molecular complexity index is 800. The molecule has 1 aliphatic carbocycles. The largest absolute Gasteiger partial charge is 0.465 e. The molecule has 2 aromatic heterocycles. The van der Waals surface area contributed by atoms with Crippen molar-refractivity contribution in [2.24, 2.45) is 11.3 Å². The first-order valence-electron chi connectivity index (χ1n) is 8.73. The fraction of sp³-hybridized carbons (Fsp3) is 0.500. The number of aromatic nitrogens is 2. The van der Waals surface area contributed by atoms with E-state index in [4.69, 9.17) is 5.11 Å². The number of carbonyl (C=O) groups excluding carboxylic acids is 1. The van der Waals surface area contributed by atoms with Crippen LogP contribution in [0.3, 0.4) is 0 Å². The molecule has 3 heterocycles. The molecule has 1 aliphatic heterocycles. The van der Waals surface area contributed by atoms with Gasteiger partial charge in [-0.2, -0.15) is 0 Å². The number of nitrogens with zero attached hydrogens (tertiary/aromatic N) is 3. The predicted octanol–water partition coefficient (Wildman–Crippen LogP) is 2.23. The Labute approximate surface area is 145 Å². The molecule has 2 aliphatic rings. The lowest BCUT2D eigenvalue weighted by molar-refractivity contribution is -0.00791. The van der Waals surface area contributed by atoms with Gasteiger partial charge in [0.2, 0.25) is 0 Å². The second-order valence-corrected chi connectivity index (χ2v) is 7.36. The zero-order valence-corrected chi connectivity index (χ0v) is 14.0. The van der Waals surface area contributed by atoms with Crippen LogP contribution in [0.25, 0.3) is 5.65 Å². The van der Waals surface area contributed by atoms with Crippen molar-refractivity contribution in [2.45, 2.75) is 25.7 Å². The van der Waals surface area contributed by atoms with Gasteiger partial charge in [-0.3, -0.25) is 4.79 Å². The van der Waals surface area contributed by atoms with Crippen molar-refractivity contribution in [1.29, 1.82) is 0 Å². The van der Waals surface area contributed by atoms with Gasteiger partial charge in [-0.05, 0) is 49.1 Å². The quantitative estimate of drug-likeness (QED) is 0.895. The maximum Gasteiger partial charge on any atom is 0.407 e. The average Bonchev–Trinajstić information content (AvgIpc) is 3.05. The van der Waals surface area contributed by atoms with E-state index in [-0.39, 0.29) is 5.91 Å². The van der Waals surface area contributed by atoms with E-state index < -0.39 is 6.09 Å². The van der Waals surface area contributed by atoms with Crippen molar-refractivity contribution >= 4 is 17.6 Å². The summed E-state index contributed by atoms with van der Waals surface area (Å²) in [4.78, 5) is 29.0. The summed E-state index contributed by atoms with van der Waals surface area (Å²) < 4.78 is 1.84. The Hall–Kier alpha value is -2.57. The summed E-state index contributed by atoms with van der Waals surface area (Å²) in [6.45, 7) is 1.96. The van der Waals surface area contributed by atoms with Gasteiger partial charge in [-0.1, -0.05) is 0 Å². The molecule has 2 fully saturated rings. The lowest BCUT2D eigenvalue weighted by Crippen LogP contribution is -2.50. The van der Waals surface area contributed by atoms with Crippen LogP contribution >= 0.6 is 0 Å². The van der Waals surface area contributed by atoms with E-state index >= 15 is 0 Å². The second kappa shape index (κ2) is 6.06. The van der Waals surface area contributed by atoms with Crippen LogP contribution in [0.1, 0.15) is 36.0 Å². The Kier molecular flexibility index (Phi) is 3.86. The third-order valence-electron chi connectivity index (χ3n) is 5.74. The molecule has 25 heavy (non-hydrogen) atoms. The van der Waals surface area contributed by atoms with Crippen molar-refractivity contribution in [1.82, 2.24) is 19.6 Å². The minimum atomic E-state index is -0.812. The first kappa shape index (κ1) is 15.9. The summed E-state index contributed by atoms with van der Waals surface area (Å²) >= 11 is 0. The van der Waals surface area contributed by atoms with E-state index in [2.05, 4.69) is 10.3 Å². The maximum atomic E-state index is 12.3. The first-order chi connectivity index (χ1) is 12.0. The van der Waals surface area contributed by atoms with Crippen molar-refractivity contribution in [3.8, 4) is 0 Å². The lowest BCUT2D eigenvalue weighted by atomic mass is 9.57. The summed E-state index contributed by atoms with van der Waals surface area (Å²) in [5, 5.41) is 12.1. The first-order valence-corrected chi connectivity index (χ1v) is 8.73.